The second-order valence-electron chi connectivity index (χ2n) is 3.53. The number of imide groups is 1. The molecule has 0 unspecified atom stereocenters. The fourth-order valence-corrected chi connectivity index (χ4v) is 2.16. The average Bonchev–Trinajstić information content (AvgIpc) is 2.68. The van der Waals surface area contributed by atoms with Gasteiger partial charge in [-0.25, -0.2) is 0 Å². The van der Waals surface area contributed by atoms with Crippen molar-refractivity contribution in [1.82, 2.24) is 10.2 Å². The molecule has 2 rings (SSSR count). The molecule has 0 aliphatic carbocycles. The van der Waals surface area contributed by atoms with Crippen molar-refractivity contribution in [2.24, 2.45) is 0 Å². The van der Waals surface area contributed by atoms with Gasteiger partial charge in [-0.15, -0.1) is 0 Å². The monoisotopic (exact) mass is 238 g/mol. The van der Waals surface area contributed by atoms with E-state index in [9.17, 15) is 14.4 Å². The number of carbonyl (C=O) groups is 3. The summed E-state index contributed by atoms with van der Waals surface area (Å²) >= 11 is 1.51. The van der Waals surface area contributed by atoms with Gasteiger partial charge in [0.25, 0.3) is 0 Å². The quantitative estimate of drug-likeness (QED) is 0.724. The Hall–Kier alpha value is -1.69. The standard InChI is InChI=1S/C10H10N2O3S/c13-8-4-12(5-9(14)11-8)10(15)3-7-1-2-16-6-7/h1-2,6H,3-5H2,(H,11,13,14). The number of carbonyl (C=O) groups excluding carboxylic acids is 3. The average molecular weight is 238 g/mol. The molecule has 0 spiro atoms. The zero-order chi connectivity index (χ0) is 11.5. The molecule has 0 saturated carbocycles. The third-order valence-electron chi connectivity index (χ3n) is 2.24. The summed E-state index contributed by atoms with van der Waals surface area (Å²) in [5.41, 5.74) is 0.911. The van der Waals surface area contributed by atoms with Gasteiger partial charge in [-0.3, -0.25) is 19.7 Å². The molecule has 2 heterocycles. The maximum atomic E-state index is 11.8. The molecule has 0 radical (unpaired) electrons. The van der Waals surface area contributed by atoms with Crippen LogP contribution in [0.15, 0.2) is 16.8 Å². The van der Waals surface area contributed by atoms with Crippen LogP contribution in [0.1, 0.15) is 5.56 Å². The van der Waals surface area contributed by atoms with Crippen LogP contribution >= 0.6 is 11.3 Å². The molecular formula is C10H10N2O3S. The van der Waals surface area contributed by atoms with Crippen LogP contribution in [0.25, 0.3) is 0 Å². The number of nitrogens with one attached hydrogen (secondary N) is 1. The van der Waals surface area contributed by atoms with Gasteiger partial charge in [0.15, 0.2) is 0 Å². The highest BCUT2D eigenvalue weighted by molar-refractivity contribution is 7.07. The lowest BCUT2D eigenvalue weighted by atomic mass is 10.2. The Labute approximate surface area is 96.0 Å². The molecule has 3 amide bonds. The van der Waals surface area contributed by atoms with Crippen molar-refractivity contribution in [3.63, 3.8) is 0 Å². The first-order chi connectivity index (χ1) is 7.65. The summed E-state index contributed by atoms with van der Waals surface area (Å²) in [4.78, 5) is 35.2. The Morgan fingerprint density at radius 2 is 2.06 bits per heavy atom. The second kappa shape index (κ2) is 4.44. The highest BCUT2D eigenvalue weighted by Gasteiger charge is 2.26. The summed E-state index contributed by atoms with van der Waals surface area (Å²) < 4.78 is 0. The van der Waals surface area contributed by atoms with Crippen molar-refractivity contribution in [3.8, 4) is 0 Å². The number of thiophene rings is 1. The summed E-state index contributed by atoms with van der Waals surface area (Å²) in [6.45, 7) is -0.0661. The molecule has 1 N–H and O–H groups in total. The van der Waals surface area contributed by atoms with Crippen LogP contribution in [0.5, 0.6) is 0 Å². The molecule has 1 saturated heterocycles. The van der Waals surface area contributed by atoms with Crippen LogP contribution < -0.4 is 5.32 Å². The van der Waals surface area contributed by atoms with Crippen molar-refractivity contribution < 1.29 is 14.4 Å². The van der Waals surface area contributed by atoms with Crippen molar-refractivity contribution in [2.45, 2.75) is 6.42 Å². The van der Waals surface area contributed by atoms with Crippen LogP contribution in [0, 0.1) is 0 Å². The van der Waals surface area contributed by atoms with E-state index in [0.29, 0.717) is 0 Å². The molecule has 16 heavy (non-hydrogen) atoms. The van der Waals surface area contributed by atoms with Crippen LogP contribution in [0.4, 0.5) is 0 Å². The molecule has 1 aliphatic rings. The van der Waals surface area contributed by atoms with E-state index in [1.807, 2.05) is 16.8 Å². The topological polar surface area (TPSA) is 66.5 Å². The van der Waals surface area contributed by atoms with E-state index in [0.717, 1.165) is 5.56 Å². The second-order valence-corrected chi connectivity index (χ2v) is 4.31. The Bertz CT molecular complexity index is 411. The van der Waals surface area contributed by atoms with Crippen molar-refractivity contribution in [3.05, 3.63) is 22.4 Å². The van der Waals surface area contributed by atoms with Crippen LogP contribution in [-0.4, -0.2) is 35.7 Å². The lowest BCUT2D eigenvalue weighted by Gasteiger charge is -2.25. The Kier molecular flexibility index (Phi) is 3.00. The minimum absolute atomic E-state index is 0.0330. The molecule has 1 aromatic rings. The maximum absolute atomic E-state index is 11.8. The van der Waals surface area contributed by atoms with Gasteiger partial charge in [0, 0.05) is 0 Å². The molecule has 1 aliphatic heterocycles. The van der Waals surface area contributed by atoms with Crippen molar-refractivity contribution >= 4 is 29.1 Å². The van der Waals surface area contributed by atoms with Crippen LogP contribution in [-0.2, 0) is 20.8 Å². The van der Waals surface area contributed by atoms with Crippen LogP contribution in [0.3, 0.4) is 0 Å². The van der Waals surface area contributed by atoms with Crippen molar-refractivity contribution in [2.75, 3.05) is 13.1 Å². The summed E-state index contributed by atoms with van der Waals surface area (Å²) in [6.07, 6.45) is 0.240. The normalized spacial score (nSPS) is 16.1. The molecule has 0 bridgehead atoms. The SMILES string of the molecule is O=C1CN(C(=O)Cc2ccsc2)CC(=O)N1. The van der Waals surface area contributed by atoms with Gasteiger partial charge in [-0.1, -0.05) is 0 Å². The lowest BCUT2D eigenvalue weighted by molar-refractivity contribution is -0.145. The minimum atomic E-state index is -0.421. The fraction of sp³-hybridized carbons (Fsp3) is 0.300. The van der Waals surface area contributed by atoms with Gasteiger partial charge in [0.2, 0.25) is 17.7 Å². The number of hydrogen-bond acceptors (Lipinski definition) is 4. The Balaban J connectivity index is 1.99. The molecule has 5 nitrogen and oxygen atoms in total. The number of nitrogens with zero attached hydrogens (tertiary/aromatic N) is 1. The maximum Gasteiger partial charge on any atom is 0.246 e. The first-order valence-electron chi connectivity index (χ1n) is 4.76. The molecule has 1 fully saturated rings. The van der Waals surface area contributed by atoms with E-state index in [2.05, 4.69) is 5.32 Å². The van der Waals surface area contributed by atoms with Gasteiger partial charge >= 0.3 is 0 Å². The number of hydrogen-bond donors (Lipinski definition) is 1. The van der Waals surface area contributed by atoms with E-state index in [-0.39, 0.29) is 25.4 Å². The van der Waals surface area contributed by atoms with Gasteiger partial charge in [-0.2, -0.15) is 11.3 Å². The zero-order valence-electron chi connectivity index (χ0n) is 8.43. The molecule has 84 valence electrons. The van der Waals surface area contributed by atoms with E-state index in [1.54, 1.807) is 0 Å². The lowest BCUT2D eigenvalue weighted by Crippen LogP contribution is -2.53. The number of piperazine rings is 1. The highest BCUT2D eigenvalue weighted by Crippen LogP contribution is 2.08. The summed E-state index contributed by atoms with van der Waals surface area (Å²) in [5, 5.41) is 5.92. The van der Waals surface area contributed by atoms with Gasteiger partial charge < -0.3 is 4.90 Å². The van der Waals surface area contributed by atoms with E-state index in [1.165, 1.54) is 16.2 Å². The Morgan fingerprint density at radius 3 is 2.62 bits per heavy atom. The fourth-order valence-electron chi connectivity index (χ4n) is 1.49. The highest BCUT2D eigenvalue weighted by atomic mass is 32.1. The van der Waals surface area contributed by atoms with E-state index in [4.69, 9.17) is 0 Å². The van der Waals surface area contributed by atoms with Crippen molar-refractivity contribution in [1.29, 1.82) is 0 Å². The summed E-state index contributed by atoms with van der Waals surface area (Å²) in [5.74, 6) is -1.04. The predicted molar refractivity (Wildman–Crippen MR) is 57.8 cm³/mol. The zero-order valence-corrected chi connectivity index (χ0v) is 9.25. The molecular weight excluding hydrogens is 228 g/mol. The first-order valence-corrected chi connectivity index (χ1v) is 5.71. The third-order valence-corrected chi connectivity index (χ3v) is 2.97. The first kappa shape index (κ1) is 10.8. The van der Waals surface area contributed by atoms with Crippen LogP contribution in [0.2, 0.25) is 0 Å². The molecule has 6 heteroatoms. The van der Waals surface area contributed by atoms with E-state index < -0.39 is 11.8 Å². The summed E-state index contributed by atoms with van der Waals surface area (Å²) in [7, 11) is 0. The number of rotatable bonds is 2. The number of amides is 3. The molecule has 1 aromatic heterocycles. The third kappa shape index (κ3) is 2.46. The predicted octanol–water partition coefficient (Wildman–Crippen LogP) is -0.224. The smallest absolute Gasteiger partial charge is 0.246 e. The largest absolute Gasteiger partial charge is 0.324 e. The van der Waals surface area contributed by atoms with Gasteiger partial charge in [0.05, 0.1) is 6.42 Å². The minimum Gasteiger partial charge on any atom is -0.324 e. The van der Waals surface area contributed by atoms with Gasteiger partial charge in [-0.05, 0) is 22.4 Å². The summed E-state index contributed by atoms with van der Waals surface area (Å²) in [6, 6.07) is 1.86. The molecule has 0 aromatic carbocycles. The molecule has 0 atom stereocenters. The van der Waals surface area contributed by atoms with E-state index >= 15 is 0 Å². The Morgan fingerprint density at radius 1 is 1.38 bits per heavy atom. The van der Waals surface area contributed by atoms with Gasteiger partial charge in [0.1, 0.15) is 13.1 Å².